The topological polar surface area (TPSA) is 91.2 Å². The maximum absolute atomic E-state index is 12.3. The highest BCUT2D eigenvalue weighted by molar-refractivity contribution is 6.04. The van der Waals surface area contributed by atoms with Crippen LogP contribution >= 0.6 is 0 Å². The lowest BCUT2D eigenvalue weighted by molar-refractivity contribution is 0.102. The summed E-state index contributed by atoms with van der Waals surface area (Å²) in [6.45, 7) is 2.03. The normalized spacial score (nSPS) is 12.2. The van der Waals surface area contributed by atoms with E-state index in [2.05, 4.69) is 20.3 Å². The monoisotopic (exact) mass is 323 g/mol. The lowest BCUT2D eigenvalue weighted by Gasteiger charge is -2.07. The van der Waals surface area contributed by atoms with Gasteiger partial charge in [-0.2, -0.15) is 0 Å². The minimum absolute atomic E-state index is 0.170. The molecule has 0 radical (unpaired) electrons. The second-order valence-electron chi connectivity index (χ2n) is 5.14. The smallest absolute Gasteiger partial charge is 0.255 e. The molecule has 0 aliphatic carbocycles. The number of aryl methyl sites for hydroxylation is 1. The maximum atomic E-state index is 12.3. The van der Waals surface area contributed by atoms with Crippen LogP contribution in [0.25, 0.3) is 5.95 Å². The molecule has 1 aliphatic rings. The van der Waals surface area contributed by atoms with Gasteiger partial charge in [0.2, 0.25) is 12.7 Å². The van der Waals surface area contributed by atoms with Gasteiger partial charge in [0.15, 0.2) is 11.5 Å². The van der Waals surface area contributed by atoms with Gasteiger partial charge in [-0.3, -0.25) is 9.36 Å². The molecule has 1 amide bonds. The van der Waals surface area contributed by atoms with Gasteiger partial charge < -0.3 is 14.8 Å². The van der Waals surface area contributed by atoms with E-state index in [9.17, 15) is 4.79 Å². The molecule has 0 spiro atoms. The number of rotatable bonds is 3. The first-order valence-corrected chi connectivity index (χ1v) is 7.24. The summed E-state index contributed by atoms with van der Waals surface area (Å²) in [6, 6.07) is 5.02. The molecule has 120 valence electrons. The highest BCUT2D eigenvalue weighted by Gasteiger charge is 2.16. The lowest BCUT2D eigenvalue weighted by Crippen LogP contribution is -2.13. The van der Waals surface area contributed by atoms with Gasteiger partial charge >= 0.3 is 0 Å². The van der Waals surface area contributed by atoms with Crippen molar-refractivity contribution in [3.8, 4) is 17.4 Å². The zero-order valence-electron chi connectivity index (χ0n) is 12.8. The van der Waals surface area contributed by atoms with E-state index in [1.807, 2.05) is 6.92 Å². The molecular weight excluding hydrogens is 310 g/mol. The van der Waals surface area contributed by atoms with Crippen LogP contribution in [0.4, 0.5) is 5.69 Å². The van der Waals surface area contributed by atoms with Crippen LogP contribution in [-0.2, 0) is 0 Å². The number of anilines is 1. The molecule has 0 saturated heterocycles. The number of fused-ring (bicyclic) bond motifs is 1. The fraction of sp³-hybridized carbons (Fsp3) is 0.125. The van der Waals surface area contributed by atoms with E-state index in [0.29, 0.717) is 28.7 Å². The van der Waals surface area contributed by atoms with Crippen LogP contribution in [0.1, 0.15) is 16.2 Å². The van der Waals surface area contributed by atoms with Gasteiger partial charge in [0, 0.05) is 18.0 Å². The number of amides is 1. The van der Waals surface area contributed by atoms with Crippen LogP contribution in [0, 0.1) is 6.92 Å². The number of imidazole rings is 1. The predicted octanol–water partition coefficient (Wildman–Crippen LogP) is 1.95. The molecule has 24 heavy (non-hydrogen) atoms. The molecule has 0 saturated carbocycles. The van der Waals surface area contributed by atoms with Crippen molar-refractivity contribution in [2.24, 2.45) is 0 Å². The van der Waals surface area contributed by atoms with Crippen molar-refractivity contribution >= 4 is 11.6 Å². The highest BCUT2D eigenvalue weighted by Crippen LogP contribution is 2.32. The minimum Gasteiger partial charge on any atom is -0.454 e. The third kappa shape index (κ3) is 2.54. The Morgan fingerprint density at radius 1 is 1.17 bits per heavy atom. The van der Waals surface area contributed by atoms with Gasteiger partial charge in [-0.05, 0) is 25.1 Å². The molecule has 0 bridgehead atoms. The number of hydrogen-bond acceptors (Lipinski definition) is 6. The highest BCUT2D eigenvalue weighted by atomic mass is 16.7. The van der Waals surface area contributed by atoms with E-state index in [1.165, 1.54) is 0 Å². The van der Waals surface area contributed by atoms with Crippen LogP contribution in [0.5, 0.6) is 11.5 Å². The van der Waals surface area contributed by atoms with Gasteiger partial charge in [0.1, 0.15) is 5.82 Å². The quantitative estimate of drug-likeness (QED) is 0.792. The summed E-state index contributed by atoms with van der Waals surface area (Å²) in [4.78, 5) is 24.9. The number of aromatic nitrogens is 4. The second-order valence-corrected chi connectivity index (χ2v) is 5.14. The first-order valence-electron chi connectivity index (χ1n) is 7.24. The summed E-state index contributed by atoms with van der Waals surface area (Å²) in [5.41, 5.74) is 0.966. The molecule has 0 atom stereocenters. The number of hydrogen-bond donors (Lipinski definition) is 1. The van der Waals surface area contributed by atoms with Crippen molar-refractivity contribution in [1.82, 2.24) is 19.5 Å². The number of benzene rings is 1. The van der Waals surface area contributed by atoms with Gasteiger partial charge in [-0.25, -0.2) is 15.0 Å². The Morgan fingerprint density at radius 2 is 1.96 bits per heavy atom. The van der Waals surface area contributed by atoms with Crippen LogP contribution < -0.4 is 14.8 Å². The SMILES string of the molecule is Cc1nccn1-c1ncc(NC(=O)c2ccc3c(c2)OCO3)cn1. The average Bonchev–Trinajstić information content (AvgIpc) is 3.23. The zero-order valence-corrected chi connectivity index (χ0v) is 12.8. The van der Waals surface area contributed by atoms with E-state index in [1.54, 1.807) is 47.6 Å². The van der Waals surface area contributed by atoms with E-state index < -0.39 is 0 Å². The van der Waals surface area contributed by atoms with Gasteiger partial charge in [-0.1, -0.05) is 0 Å². The van der Waals surface area contributed by atoms with E-state index in [-0.39, 0.29) is 12.7 Å². The maximum Gasteiger partial charge on any atom is 0.255 e. The Hall–Kier alpha value is -3.42. The standard InChI is InChI=1S/C16H13N5O3/c1-10-17-4-5-21(10)16-18-7-12(8-19-16)20-15(22)11-2-3-13-14(6-11)24-9-23-13/h2-8H,9H2,1H3,(H,20,22). The largest absolute Gasteiger partial charge is 0.454 e. The van der Waals surface area contributed by atoms with Crippen LogP contribution in [0.3, 0.4) is 0 Å². The average molecular weight is 323 g/mol. The summed E-state index contributed by atoms with van der Waals surface area (Å²) >= 11 is 0. The van der Waals surface area contributed by atoms with Crippen LogP contribution in [0.2, 0.25) is 0 Å². The van der Waals surface area contributed by atoms with Crippen molar-refractivity contribution in [2.45, 2.75) is 6.92 Å². The molecule has 0 unspecified atom stereocenters. The van der Waals surface area contributed by atoms with Crippen molar-refractivity contribution in [1.29, 1.82) is 0 Å². The molecule has 3 heterocycles. The molecule has 0 fully saturated rings. The molecule has 1 aliphatic heterocycles. The van der Waals surface area contributed by atoms with Crippen LogP contribution in [-0.4, -0.2) is 32.2 Å². The molecular formula is C16H13N5O3. The van der Waals surface area contributed by atoms with E-state index in [0.717, 1.165) is 5.82 Å². The van der Waals surface area contributed by atoms with Gasteiger partial charge in [0.05, 0.1) is 18.1 Å². The molecule has 1 aromatic carbocycles. The van der Waals surface area contributed by atoms with Crippen molar-refractivity contribution in [3.63, 3.8) is 0 Å². The summed E-state index contributed by atoms with van der Waals surface area (Å²) in [7, 11) is 0. The molecule has 2 aromatic heterocycles. The molecule has 1 N–H and O–H groups in total. The third-order valence-electron chi connectivity index (χ3n) is 3.57. The summed E-state index contributed by atoms with van der Waals surface area (Å²) < 4.78 is 12.3. The summed E-state index contributed by atoms with van der Waals surface area (Å²) in [6.07, 6.45) is 6.54. The van der Waals surface area contributed by atoms with Gasteiger partial charge in [-0.15, -0.1) is 0 Å². The minimum atomic E-state index is -0.275. The molecule has 8 nitrogen and oxygen atoms in total. The number of carbonyl (C=O) groups is 1. The number of ether oxygens (including phenoxy) is 2. The van der Waals surface area contributed by atoms with Crippen molar-refractivity contribution in [3.05, 3.63) is 54.4 Å². The third-order valence-corrected chi connectivity index (χ3v) is 3.57. The zero-order chi connectivity index (χ0) is 16.5. The second kappa shape index (κ2) is 5.65. The summed E-state index contributed by atoms with van der Waals surface area (Å²) in [5.74, 6) is 2.20. The number of nitrogens with one attached hydrogen (secondary N) is 1. The lowest BCUT2D eigenvalue weighted by atomic mass is 10.2. The molecule has 3 aromatic rings. The van der Waals surface area contributed by atoms with Crippen LogP contribution in [0.15, 0.2) is 43.0 Å². The van der Waals surface area contributed by atoms with E-state index >= 15 is 0 Å². The molecule has 4 rings (SSSR count). The van der Waals surface area contributed by atoms with Crippen molar-refractivity contribution < 1.29 is 14.3 Å². The predicted molar refractivity (Wildman–Crippen MR) is 84.4 cm³/mol. The van der Waals surface area contributed by atoms with Crippen molar-refractivity contribution in [2.75, 3.05) is 12.1 Å². The first kappa shape index (κ1) is 14.2. The molecule has 8 heteroatoms. The Kier molecular flexibility index (Phi) is 3.34. The number of nitrogens with zero attached hydrogens (tertiary/aromatic N) is 4. The summed E-state index contributed by atoms with van der Waals surface area (Å²) in [5, 5.41) is 2.75. The Morgan fingerprint density at radius 3 is 2.71 bits per heavy atom. The Balaban J connectivity index is 1.51. The number of carbonyl (C=O) groups excluding carboxylic acids is 1. The van der Waals surface area contributed by atoms with E-state index in [4.69, 9.17) is 9.47 Å². The Labute approximate surface area is 137 Å². The fourth-order valence-corrected chi connectivity index (χ4v) is 2.34. The fourth-order valence-electron chi connectivity index (χ4n) is 2.34. The first-order chi connectivity index (χ1) is 11.7. The van der Waals surface area contributed by atoms with Gasteiger partial charge in [0.25, 0.3) is 5.91 Å². The Bertz CT molecular complexity index is 904.